The van der Waals surface area contributed by atoms with Crippen molar-refractivity contribution in [2.75, 3.05) is 6.79 Å². The van der Waals surface area contributed by atoms with Crippen LogP contribution in [0.2, 0.25) is 0 Å². The van der Waals surface area contributed by atoms with E-state index in [1.54, 1.807) is 0 Å². The lowest BCUT2D eigenvalue weighted by molar-refractivity contribution is 0.174. The Labute approximate surface area is 142 Å². The van der Waals surface area contributed by atoms with Gasteiger partial charge in [-0.15, -0.1) is 0 Å². The third kappa shape index (κ3) is 3.96. The van der Waals surface area contributed by atoms with Gasteiger partial charge < -0.3 is 14.8 Å². The van der Waals surface area contributed by atoms with Crippen LogP contribution in [0, 0.1) is 11.6 Å². The quantitative estimate of drug-likeness (QED) is 0.505. The van der Waals surface area contributed by atoms with E-state index in [9.17, 15) is 8.78 Å². The van der Waals surface area contributed by atoms with Crippen molar-refractivity contribution in [1.29, 1.82) is 0 Å². The Bertz CT molecular complexity index is 799. The monoisotopic (exact) mass is 349 g/mol. The van der Waals surface area contributed by atoms with Crippen molar-refractivity contribution in [3.63, 3.8) is 0 Å². The fourth-order valence-corrected chi connectivity index (χ4v) is 2.16. The summed E-state index contributed by atoms with van der Waals surface area (Å²) in [6, 6.07) is 8.80. The summed E-state index contributed by atoms with van der Waals surface area (Å²) in [5.41, 5.74) is 3.68. The molecule has 1 aliphatic heterocycles. The van der Waals surface area contributed by atoms with Gasteiger partial charge in [0.25, 0.3) is 0 Å². The smallest absolute Gasteiger partial charge is 0.231 e. The Morgan fingerprint density at radius 2 is 2.00 bits per heavy atom. The van der Waals surface area contributed by atoms with Crippen LogP contribution in [0.15, 0.2) is 41.5 Å². The lowest BCUT2D eigenvalue weighted by Gasteiger charge is -2.07. The molecule has 0 atom stereocenters. The molecule has 2 aromatic carbocycles. The lowest BCUT2D eigenvalue weighted by atomic mass is 10.2. The van der Waals surface area contributed by atoms with Gasteiger partial charge in [0.2, 0.25) is 6.79 Å². The van der Waals surface area contributed by atoms with Crippen molar-refractivity contribution < 1.29 is 18.3 Å². The molecule has 1 heterocycles. The summed E-state index contributed by atoms with van der Waals surface area (Å²) in [6.45, 7) is 0.684. The average molecular weight is 349 g/mol. The second-order valence-corrected chi connectivity index (χ2v) is 5.31. The highest BCUT2D eigenvalue weighted by Gasteiger charge is 2.12. The van der Waals surface area contributed by atoms with E-state index in [1.165, 1.54) is 12.3 Å². The van der Waals surface area contributed by atoms with E-state index < -0.39 is 11.6 Å². The van der Waals surface area contributed by atoms with E-state index >= 15 is 0 Å². The first-order valence-electron chi connectivity index (χ1n) is 7.02. The summed E-state index contributed by atoms with van der Waals surface area (Å²) in [4.78, 5) is 0. The number of benzene rings is 2. The molecule has 24 heavy (non-hydrogen) atoms. The van der Waals surface area contributed by atoms with Crippen molar-refractivity contribution in [1.82, 2.24) is 10.7 Å². The first-order chi connectivity index (χ1) is 11.6. The first-order valence-corrected chi connectivity index (χ1v) is 7.43. The molecule has 0 amide bonds. The summed E-state index contributed by atoms with van der Waals surface area (Å²) in [7, 11) is 0. The van der Waals surface area contributed by atoms with Gasteiger partial charge in [0.15, 0.2) is 16.6 Å². The molecular weight excluding hydrogens is 336 g/mol. The van der Waals surface area contributed by atoms with Crippen LogP contribution in [0.4, 0.5) is 8.78 Å². The number of halogens is 2. The molecule has 0 saturated carbocycles. The van der Waals surface area contributed by atoms with Gasteiger partial charge in [-0.05, 0) is 42.0 Å². The highest BCUT2D eigenvalue weighted by molar-refractivity contribution is 7.80. The number of hydrogen-bond donors (Lipinski definition) is 2. The lowest BCUT2D eigenvalue weighted by Crippen LogP contribution is -2.31. The SMILES string of the molecule is Fc1ccc(/C=N\NC(=S)NCc2ccc3c(c2)OCO3)c(F)c1. The van der Waals surface area contributed by atoms with E-state index in [0.29, 0.717) is 18.0 Å². The molecule has 0 aliphatic carbocycles. The van der Waals surface area contributed by atoms with E-state index in [-0.39, 0.29) is 17.5 Å². The number of hydrogen-bond acceptors (Lipinski definition) is 4. The zero-order chi connectivity index (χ0) is 16.9. The maximum absolute atomic E-state index is 13.4. The average Bonchev–Trinajstić information content (AvgIpc) is 3.02. The minimum absolute atomic E-state index is 0.155. The Balaban J connectivity index is 1.50. The van der Waals surface area contributed by atoms with Crippen molar-refractivity contribution >= 4 is 23.5 Å². The molecule has 0 aromatic heterocycles. The van der Waals surface area contributed by atoms with Crippen molar-refractivity contribution in [2.24, 2.45) is 5.10 Å². The van der Waals surface area contributed by atoms with Gasteiger partial charge in [-0.2, -0.15) is 5.10 Å². The van der Waals surface area contributed by atoms with Gasteiger partial charge in [0.05, 0.1) is 6.21 Å². The van der Waals surface area contributed by atoms with Crippen molar-refractivity contribution in [2.45, 2.75) is 6.54 Å². The molecule has 2 N–H and O–H groups in total. The standard InChI is InChI=1S/C16H13F2N3O2S/c17-12-3-2-11(13(18)6-12)8-20-21-16(24)19-7-10-1-4-14-15(5-10)23-9-22-14/h1-6,8H,7,9H2,(H2,19,21,24)/b20-8-. The molecule has 2 aromatic rings. The summed E-state index contributed by atoms with van der Waals surface area (Å²) >= 11 is 5.08. The summed E-state index contributed by atoms with van der Waals surface area (Å²) in [5, 5.41) is 7.04. The summed E-state index contributed by atoms with van der Waals surface area (Å²) in [6.07, 6.45) is 1.23. The molecule has 1 aliphatic rings. The van der Waals surface area contributed by atoms with E-state index in [0.717, 1.165) is 17.7 Å². The Morgan fingerprint density at radius 3 is 2.83 bits per heavy atom. The number of hydrazone groups is 1. The van der Waals surface area contributed by atoms with Crippen molar-refractivity contribution in [3.8, 4) is 11.5 Å². The fraction of sp³-hybridized carbons (Fsp3) is 0.125. The number of fused-ring (bicyclic) bond motifs is 1. The predicted octanol–water partition coefficient (Wildman–Crippen LogP) is 2.69. The van der Waals surface area contributed by atoms with Gasteiger partial charge in [-0.25, -0.2) is 8.78 Å². The first kappa shape index (κ1) is 16.1. The van der Waals surface area contributed by atoms with Gasteiger partial charge >= 0.3 is 0 Å². The van der Waals surface area contributed by atoms with Crippen LogP contribution in [0.5, 0.6) is 11.5 Å². The Kier molecular flexibility index (Phi) is 4.85. The summed E-state index contributed by atoms with van der Waals surface area (Å²) in [5.74, 6) is 0.0710. The molecule has 0 saturated heterocycles. The maximum atomic E-state index is 13.4. The minimum atomic E-state index is -0.695. The van der Waals surface area contributed by atoms with Crippen LogP contribution in [-0.2, 0) is 6.54 Å². The normalized spacial score (nSPS) is 12.4. The van der Waals surface area contributed by atoms with Crippen molar-refractivity contribution in [3.05, 3.63) is 59.2 Å². The zero-order valence-corrected chi connectivity index (χ0v) is 13.2. The van der Waals surface area contributed by atoms with Crippen LogP contribution in [0.3, 0.4) is 0 Å². The number of nitrogens with zero attached hydrogens (tertiary/aromatic N) is 1. The molecular formula is C16H13F2N3O2S. The molecule has 3 rings (SSSR count). The highest BCUT2D eigenvalue weighted by atomic mass is 32.1. The predicted molar refractivity (Wildman–Crippen MR) is 89.1 cm³/mol. The highest BCUT2D eigenvalue weighted by Crippen LogP contribution is 2.32. The van der Waals surface area contributed by atoms with E-state index in [1.807, 2.05) is 18.2 Å². The molecule has 0 fully saturated rings. The molecule has 0 unspecified atom stereocenters. The number of nitrogens with one attached hydrogen (secondary N) is 2. The zero-order valence-electron chi connectivity index (χ0n) is 12.4. The minimum Gasteiger partial charge on any atom is -0.454 e. The van der Waals surface area contributed by atoms with Gasteiger partial charge in [-0.3, -0.25) is 5.43 Å². The second-order valence-electron chi connectivity index (χ2n) is 4.91. The number of ether oxygens (including phenoxy) is 2. The third-order valence-corrected chi connectivity index (χ3v) is 3.46. The topological polar surface area (TPSA) is 54.9 Å². The van der Waals surface area contributed by atoms with E-state index in [2.05, 4.69) is 15.8 Å². The number of rotatable bonds is 4. The van der Waals surface area contributed by atoms with Gasteiger partial charge in [0, 0.05) is 18.2 Å². The molecule has 124 valence electrons. The van der Waals surface area contributed by atoms with Crippen LogP contribution in [0.1, 0.15) is 11.1 Å². The molecule has 8 heteroatoms. The molecule has 0 radical (unpaired) electrons. The largest absolute Gasteiger partial charge is 0.454 e. The molecule has 0 spiro atoms. The molecule has 5 nitrogen and oxygen atoms in total. The second kappa shape index (κ2) is 7.22. The Morgan fingerprint density at radius 1 is 1.17 bits per heavy atom. The van der Waals surface area contributed by atoms with Gasteiger partial charge in [0.1, 0.15) is 11.6 Å². The van der Waals surface area contributed by atoms with Crippen LogP contribution < -0.4 is 20.2 Å². The van der Waals surface area contributed by atoms with Gasteiger partial charge in [-0.1, -0.05) is 6.07 Å². The number of thiocarbonyl (C=S) groups is 1. The van der Waals surface area contributed by atoms with E-state index in [4.69, 9.17) is 21.7 Å². The Hall–Kier alpha value is -2.74. The maximum Gasteiger partial charge on any atom is 0.231 e. The van der Waals surface area contributed by atoms with Crippen LogP contribution >= 0.6 is 12.2 Å². The molecule has 0 bridgehead atoms. The van der Waals surface area contributed by atoms with Crippen LogP contribution in [-0.4, -0.2) is 18.1 Å². The summed E-state index contributed by atoms with van der Waals surface area (Å²) < 4.78 is 36.8. The third-order valence-electron chi connectivity index (χ3n) is 3.22. The van der Waals surface area contributed by atoms with Crippen LogP contribution in [0.25, 0.3) is 0 Å². The fourth-order valence-electron chi connectivity index (χ4n) is 2.04.